The summed E-state index contributed by atoms with van der Waals surface area (Å²) in [7, 11) is 0. The average Bonchev–Trinajstić information content (AvgIpc) is 2.25. The van der Waals surface area contributed by atoms with Gasteiger partial charge in [0.2, 0.25) is 0 Å². The molecule has 0 spiro atoms. The summed E-state index contributed by atoms with van der Waals surface area (Å²) in [6.07, 6.45) is 1.60. The maximum atomic E-state index is 13.8. The molecule has 1 nitrogen and oxygen atoms in total. The van der Waals surface area contributed by atoms with Crippen molar-refractivity contribution in [3.05, 3.63) is 33.8 Å². The first-order valence-corrected chi connectivity index (χ1v) is 6.27. The van der Waals surface area contributed by atoms with E-state index < -0.39 is 11.6 Å². The minimum Gasteiger partial charge on any atom is -0.310 e. The van der Waals surface area contributed by atoms with E-state index >= 15 is 0 Å². The molecular formula is C12H16BrF2N. The fourth-order valence-electron chi connectivity index (χ4n) is 1.75. The lowest BCUT2D eigenvalue weighted by atomic mass is 10.0. The molecule has 0 radical (unpaired) electrons. The summed E-state index contributed by atoms with van der Waals surface area (Å²) in [4.78, 5) is 0. The van der Waals surface area contributed by atoms with Crippen LogP contribution in [0.15, 0.2) is 16.6 Å². The Morgan fingerprint density at radius 2 is 2.00 bits per heavy atom. The minimum atomic E-state index is -0.501. The lowest BCUT2D eigenvalue weighted by Gasteiger charge is -2.19. The fraction of sp³-hybridized carbons (Fsp3) is 0.500. The summed E-state index contributed by atoms with van der Waals surface area (Å²) in [5, 5.41) is 3.11. The van der Waals surface area contributed by atoms with Crippen molar-refractivity contribution < 1.29 is 8.78 Å². The maximum Gasteiger partial charge on any atom is 0.145 e. The van der Waals surface area contributed by atoms with Gasteiger partial charge >= 0.3 is 0 Å². The molecule has 0 aromatic heterocycles. The van der Waals surface area contributed by atoms with Gasteiger partial charge in [0.15, 0.2) is 0 Å². The highest BCUT2D eigenvalue weighted by molar-refractivity contribution is 9.10. The van der Waals surface area contributed by atoms with Crippen molar-refractivity contribution in [1.29, 1.82) is 0 Å². The van der Waals surface area contributed by atoms with Gasteiger partial charge in [0, 0.05) is 11.6 Å². The molecule has 0 bridgehead atoms. The summed E-state index contributed by atoms with van der Waals surface area (Å²) in [6.45, 7) is 4.62. The highest BCUT2D eigenvalue weighted by Gasteiger charge is 2.20. The molecule has 16 heavy (non-hydrogen) atoms. The number of nitrogens with one attached hydrogen (secondary N) is 1. The van der Waals surface area contributed by atoms with Crippen LogP contribution in [0.4, 0.5) is 8.78 Å². The van der Waals surface area contributed by atoms with Crippen molar-refractivity contribution in [2.45, 2.75) is 32.7 Å². The van der Waals surface area contributed by atoms with Crippen LogP contribution in [0.3, 0.4) is 0 Å². The number of benzene rings is 1. The van der Waals surface area contributed by atoms with Crippen LogP contribution in [0, 0.1) is 11.6 Å². The van der Waals surface area contributed by atoms with Gasteiger partial charge in [-0.2, -0.15) is 0 Å². The van der Waals surface area contributed by atoms with Gasteiger partial charge in [-0.05, 0) is 41.0 Å². The average molecular weight is 292 g/mol. The smallest absolute Gasteiger partial charge is 0.145 e. The van der Waals surface area contributed by atoms with Gasteiger partial charge < -0.3 is 5.32 Å². The standard InChI is InChI=1S/C12H16BrF2N/c1-3-5-10(16-4-2)11-9(14)7-6-8(13)12(11)15/h6-7,10,16H,3-5H2,1-2H3. The highest BCUT2D eigenvalue weighted by Crippen LogP contribution is 2.29. The van der Waals surface area contributed by atoms with Crippen LogP contribution in [0.1, 0.15) is 38.3 Å². The third kappa shape index (κ3) is 3.01. The van der Waals surface area contributed by atoms with Crippen LogP contribution in [0.2, 0.25) is 0 Å². The zero-order valence-corrected chi connectivity index (χ0v) is 11.1. The van der Waals surface area contributed by atoms with E-state index in [1.807, 2.05) is 13.8 Å². The predicted molar refractivity (Wildman–Crippen MR) is 65.4 cm³/mol. The highest BCUT2D eigenvalue weighted by atomic mass is 79.9. The Balaban J connectivity index is 3.11. The molecule has 0 aliphatic rings. The second-order valence-electron chi connectivity index (χ2n) is 3.66. The molecule has 1 rings (SSSR count). The molecule has 1 aromatic carbocycles. The summed E-state index contributed by atoms with van der Waals surface area (Å²) in [6, 6.07) is 2.43. The van der Waals surface area contributed by atoms with E-state index in [0.717, 1.165) is 12.8 Å². The van der Waals surface area contributed by atoms with E-state index in [4.69, 9.17) is 0 Å². The van der Waals surface area contributed by atoms with Crippen LogP contribution in [0.5, 0.6) is 0 Å². The second kappa shape index (κ2) is 6.30. The van der Waals surface area contributed by atoms with Crippen molar-refractivity contribution in [3.8, 4) is 0 Å². The quantitative estimate of drug-likeness (QED) is 0.803. The molecule has 1 aromatic rings. The lowest BCUT2D eigenvalue weighted by molar-refractivity contribution is 0.449. The van der Waals surface area contributed by atoms with Crippen LogP contribution < -0.4 is 5.32 Å². The summed E-state index contributed by atoms with van der Waals surface area (Å²) in [5.41, 5.74) is 0.137. The Bertz CT molecular complexity index is 349. The van der Waals surface area contributed by atoms with Crippen molar-refractivity contribution >= 4 is 15.9 Å². The Morgan fingerprint density at radius 1 is 1.31 bits per heavy atom. The van der Waals surface area contributed by atoms with Crippen molar-refractivity contribution in [1.82, 2.24) is 5.32 Å². The molecule has 0 saturated heterocycles. The van der Waals surface area contributed by atoms with E-state index in [1.165, 1.54) is 12.1 Å². The van der Waals surface area contributed by atoms with Gasteiger partial charge in [0.05, 0.1) is 4.47 Å². The molecule has 0 fully saturated rings. The molecule has 4 heteroatoms. The van der Waals surface area contributed by atoms with E-state index in [1.54, 1.807) is 0 Å². The Hall–Kier alpha value is -0.480. The SMILES string of the molecule is CCCC(NCC)c1c(F)ccc(Br)c1F. The number of halogens is 3. The van der Waals surface area contributed by atoms with E-state index in [-0.39, 0.29) is 11.6 Å². The lowest BCUT2D eigenvalue weighted by Crippen LogP contribution is -2.23. The van der Waals surface area contributed by atoms with Gasteiger partial charge in [-0.15, -0.1) is 0 Å². The van der Waals surface area contributed by atoms with Crippen molar-refractivity contribution in [2.75, 3.05) is 6.54 Å². The minimum absolute atomic E-state index is 0.137. The first kappa shape index (κ1) is 13.6. The molecule has 1 atom stereocenters. The van der Waals surface area contributed by atoms with Crippen LogP contribution >= 0.6 is 15.9 Å². The predicted octanol–water partition coefficient (Wildman–Crippen LogP) is 4.18. The molecule has 0 heterocycles. The summed E-state index contributed by atoms with van der Waals surface area (Å²) >= 11 is 3.08. The Morgan fingerprint density at radius 3 is 2.56 bits per heavy atom. The third-order valence-electron chi connectivity index (χ3n) is 2.46. The second-order valence-corrected chi connectivity index (χ2v) is 4.51. The number of hydrogen-bond donors (Lipinski definition) is 1. The molecule has 0 aliphatic carbocycles. The normalized spacial score (nSPS) is 12.8. The largest absolute Gasteiger partial charge is 0.310 e. The zero-order valence-electron chi connectivity index (χ0n) is 9.49. The van der Waals surface area contributed by atoms with E-state index in [9.17, 15) is 8.78 Å². The molecule has 1 N–H and O–H groups in total. The van der Waals surface area contributed by atoms with Gasteiger partial charge in [0.1, 0.15) is 11.6 Å². The van der Waals surface area contributed by atoms with Crippen molar-refractivity contribution in [2.24, 2.45) is 0 Å². The number of hydrogen-bond acceptors (Lipinski definition) is 1. The Labute approximate surface area is 103 Å². The number of rotatable bonds is 5. The van der Waals surface area contributed by atoms with Crippen LogP contribution in [-0.2, 0) is 0 Å². The third-order valence-corrected chi connectivity index (χ3v) is 3.07. The topological polar surface area (TPSA) is 12.0 Å². The molecular weight excluding hydrogens is 276 g/mol. The van der Waals surface area contributed by atoms with Gasteiger partial charge in [-0.25, -0.2) is 8.78 Å². The van der Waals surface area contributed by atoms with E-state index in [2.05, 4.69) is 21.2 Å². The first-order chi connectivity index (χ1) is 7.61. The van der Waals surface area contributed by atoms with E-state index in [0.29, 0.717) is 11.0 Å². The Kier molecular flexibility index (Phi) is 5.35. The van der Waals surface area contributed by atoms with Crippen LogP contribution in [0.25, 0.3) is 0 Å². The van der Waals surface area contributed by atoms with Crippen LogP contribution in [-0.4, -0.2) is 6.54 Å². The molecule has 0 saturated carbocycles. The van der Waals surface area contributed by atoms with Gasteiger partial charge in [-0.3, -0.25) is 0 Å². The molecule has 0 amide bonds. The van der Waals surface area contributed by atoms with Crippen molar-refractivity contribution in [3.63, 3.8) is 0 Å². The zero-order chi connectivity index (χ0) is 12.1. The van der Waals surface area contributed by atoms with Gasteiger partial charge in [0.25, 0.3) is 0 Å². The molecule has 0 aliphatic heterocycles. The van der Waals surface area contributed by atoms with Gasteiger partial charge in [-0.1, -0.05) is 20.3 Å². The molecule has 1 unspecified atom stereocenters. The fourth-order valence-corrected chi connectivity index (χ4v) is 2.09. The summed E-state index contributed by atoms with van der Waals surface area (Å²) in [5.74, 6) is -0.987. The molecule has 90 valence electrons. The monoisotopic (exact) mass is 291 g/mol. The summed E-state index contributed by atoms with van der Waals surface area (Å²) < 4.78 is 27.8. The maximum absolute atomic E-state index is 13.8. The first-order valence-electron chi connectivity index (χ1n) is 5.48.